The first kappa shape index (κ1) is 16.6. The van der Waals surface area contributed by atoms with Crippen LogP contribution in [0.25, 0.3) is 11.4 Å². The highest BCUT2D eigenvalue weighted by Crippen LogP contribution is 2.34. The number of hydrogen-bond acceptors (Lipinski definition) is 5. The second-order valence-electron chi connectivity index (χ2n) is 3.67. The number of benzene rings is 1. The molecule has 0 atom stereocenters. The van der Waals surface area contributed by atoms with E-state index in [1.165, 1.54) is 0 Å². The van der Waals surface area contributed by atoms with Gasteiger partial charge >= 0.3 is 11.9 Å². The standard InChI is InChI=1S/C10H10BrN3O.C2H2O4/c1-14-6-12-10(13-14)7-4-3-5-8(11)9(7)15-2;3-1(4)2(5)6/h3-6H,1-2H3;(H,3,4)(H,5,6). The Balaban J connectivity index is 0.000000315. The molecule has 0 saturated heterocycles. The summed E-state index contributed by atoms with van der Waals surface area (Å²) < 4.78 is 7.86. The van der Waals surface area contributed by atoms with Crippen LogP contribution in [0.5, 0.6) is 5.75 Å². The van der Waals surface area contributed by atoms with Crippen LogP contribution in [0.2, 0.25) is 0 Å². The first-order chi connectivity index (χ1) is 9.86. The molecule has 0 aliphatic heterocycles. The quantitative estimate of drug-likeness (QED) is 0.780. The minimum absolute atomic E-state index is 0.663. The average molecular weight is 358 g/mol. The lowest BCUT2D eigenvalue weighted by molar-refractivity contribution is -0.159. The van der Waals surface area contributed by atoms with Crippen molar-refractivity contribution >= 4 is 27.9 Å². The third-order valence-corrected chi connectivity index (χ3v) is 2.82. The van der Waals surface area contributed by atoms with E-state index in [0.29, 0.717) is 5.82 Å². The molecule has 8 nitrogen and oxygen atoms in total. The fourth-order valence-corrected chi connectivity index (χ4v) is 1.88. The highest BCUT2D eigenvalue weighted by molar-refractivity contribution is 9.10. The molecule has 0 saturated carbocycles. The Bertz CT molecular complexity index is 644. The van der Waals surface area contributed by atoms with Gasteiger partial charge in [0.25, 0.3) is 0 Å². The lowest BCUT2D eigenvalue weighted by atomic mass is 10.2. The molecule has 112 valence electrons. The molecule has 0 amide bonds. The maximum absolute atomic E-state index is 9.10. The van der Waals surface area contributed by atoms with Crippen LogP contribution in [0.4, 0.5) is 0 Å². The molecule has 1 aromatic heterocycles. The van der Waals surface area contributed by atoms with Crippen LogP contribution in [0.1, 0.15) is 0 Å². The van der Waals surface area contributed by atoms with Crippen LogP contribution in [0.3, 0.4) is 0 Å². The molecule has 0 aliphatic rings. The van der Waals surface area contributed by atoms with Crippen molar-refractivity contribution in [1.29, 1.82) is 0 Å². The average Bonchev–Trinajstić information content (AvgIpc) is 2.85. The number of carboxylic acid groups (broad SMARTS) is 2. The summed E-state index contributed by atoms with van der Waals surface area (Å²) in [5.74, 6) is -2.23. The van der Waals surface area contributed by atoms with Gasteiger partial charge in [0.1, 0.15) is 12.1 Å². The molecule has 1 aromatic carbocycles. The molecular weight excluding hydrogens is 346 g/mol. The number of carboxylic acids is 2. The molecule has 0 spiro atoms. The summed E-state index contributed by atoms with van der Waals surface area (Å²) in [6.45, 7) is 0. The Morgan fingerprint density at radius 2 is 1.90 bits per heavy atom. The summed E-state index contributed by atoms with van der Waals surface area (Å²) in [6, 6.07) is 5.78. The number of aryl methyl sites for hydroxylation is 1. The largest absolute Gasteiger partial charge is 0.495 e. The van der Waals surface area contributed by atoms with Crippen molar-refractivity contribution in [2.24, 2.45) is 7.05 Å². The topological polar surface area (TPSA) is 115 Å². The van der Waals surface area contributed by atoms with Gasteiger partial charge in [-0.1, -0.05) is 6.07 Å². The molecule has 2 N–H and O–H groups in total. The van der Waals surface area contributed by atoms with Crippen molar-refractivity contribution in [3.63, 3.8) is 0 Å². The van der Waals surface area contributed by atoms with Crippen LogP contribution < -0.4 is 4.74 Å². The maximum atomic E-state index is 9.10. The van der Waals surface area contributed by atoms with Gasteiger partial charge in [0, 0.05) is 7.05 Å². The number of aliphatic carboxylic acids is 2. The van der Waals surface area contributed by atoms with E-state index < -0.39 is 11.9 Å². The zero-order valence-corrected chi connectivity index (χ0v) is 12.7. The van der Waals surface area contributed by atoms with Crippen LogP contribution in [-0.2, 0) is 16.6 Å². The number of methoxy groups -OCH3 is 1. The second-order valence-corrected chi connectivity index (χ2v) is 4.53. The van der Waals surface area contributed by atoms with Crippen molar-refractivity contribution in [3.8, 4) is 17.1 Å². The third kappa shape index (κ3) is 4.56. The summed E-state index contributed by atoms with van der Waals surface area (Å²) >= 11 is 3.42. The number of para-hydroxylation sites is 1. The SMILES string of the molecule is COc1c(Br)cccc1-c1ncn(C)n1.O=C(O)C(=O)O. The zero-order valence-electron chi connectivity index (χ0n) is 11.1. The predicted octanol–water partition coefficient (Wildman–Crippen LogP) is 1.41. The third-order valence-electron chi connectivity index (χ3n) is 2.19. The van der Waals surface area contributed by atoms with Gasteiger partial charge in [-0.05, 0) is 28.1 Å². The van der Waals surface area contributed by atoms with E-state index in [9.17, 15) is 0 Å². The summed E-state index contributed by atoms with van der Waals surface area (Å²) in [5.41, 5.74) is 0.882. The number of nitrogens with zero attached hydrogens (tertiary/aromatic N) is 3. The van der Waals surface area contributed by atoms with Gasteiger partial charge in [0.15, 0.2) is 5.82 Å². The van der Waals surface area contributed by atoms with Gasteiger partial charge in [0.05, 0.1) is 17.1 Å². The minimum Gasteiger partial charge on any atom is -0.495 e. The van der Waals surface area contributed by atoms with Crippen LogP contribution in [-0.4, -0.2) is 44.0 Å². The van der Waals surface area contributed by atoms with Gasteiger partial charge in [-0.3, -0.25) is 4.68 Å². The fourth-order valence-electron chi connectivity index (χ4n) is 1.36. The lowest BCUT2D eigenvalue weighted by Gasteiger charge is -2.06. The maximum Gasteiger partial charge on any atom is 0.414 e. The zero-order chi connectivity index (χ0) is 16.0. The number of carbonyl (C=O) groups is 2. The van der Waals surface area contributed by atoms with E-state index >= 15 is 0 Å². The Labute approximate surface area is 128 Å². The second kappa shape index (κ2) is 7.39. The van der Waals surface area contributed by atoms with Crippen molar-refractivity contribution in [2.75, 3.05) is 7.11 Å². The number of rotatable bonds is 2. The van der Waals surface area contributed by atoms with E-state index in [-0.39, 0.29) is 0 Å². The Kier molecular flexibility index (Phi) is 5.85. The molecule has 1 heterocycles. The molecular formula is C12H12BrN3O5. The lowest BCUT2D eigenvalue weighted by Crippen LogP contribution is -2.09. The monoisotopic (exact) mass is 357 g/mol. The van der Waals surface area contributed by atoms with Gasteiger partial charge in [-0.15, -0.1) is 0 Å². The predicted molar refractivity (Wildman–Crippen MR) is 76.0 cm³/mol. The van der Waals surface area contributed by atoms with Gasteiger partial charge in [-0.2, -0.15) is 5.10 Å². The summed E-state index contributed by atoms with van der Waals surface area (Å²) in [5, 5.41) is 19.0. The van der Waals surface area contributed by atoms with E-state index in [0.717, 1.165) is 15.8 Å². The highest BCUT2D eigenvalue weighted by atomic mass is 79.9. The Morgan fingerprint density at radius 3 is 2.33 bits per heavy atom. The smallest absolute Gasteiger partial charge is 0.414 e. The van der Waals surface area contributed by atoms with Crippen LogP contribution in [0, 0.1) is 0 Å². The number of aromatic nitrogens is 3. The summed E-state index contributed by atoms with van der Waals surface area (Å²) in [7, 11) is 3.47. The van der Waals surface area contributed by atoms with Gasteiger partial charge < -0.3 is 14.9 Å². The summed E-state index contributed by atoms with van der Waals surface area (Å²) in [4.78, 5) is 22.4. The molecule has 2 aromatic rings. The van der Waals surface area contributed by atoms with E-state index in [2.05, 4.69) is 26.0 Å². The van der Waals surface area contributed by atoms with Crippen LogP contribution in [0.15, 0.2) is 29.0 Å². The van der Waals surface area contributed by atoms with Gasteiger partial charge in [0.2, 0.25) is 0 Å². The molecule has 21 heavy (non-hydrogen) atoms. The molecule has 2 rings (SSSR count). The molecule has 0 aliphatic carbocycles. The fraction of sp³-hybridized carbons (Fsp3) is 0.167. The molecule has 0 bridgehead atoms. The number of halogens is 1. The Hall–Kier alpha value is -2.42. The number of hydrogen-bond donors (Lipinski definition) is 2. The molecule has 0 fully saturated rings. The van der Waals surface area contributed by atoms with Crippen LogP contribution >= 0.6 is 15.9 Å². The van der Waals surface area contributed by atoms with Gasteiger partial charge in [-0.25, -0.2) is 14.6 Å². The highest BCUT2D eigenvalue weighted by Gasteiger charge is 2.12. The molecule has 0 unspecified atom stereocenters. The molecule has 9 heteroatoms. The summed E-state index contributed by atoms with van der Waals surface area (Å²) in [6.07, 6.45) is 1.66. The first-order valence-corrected chi connectivity index (χ1v) is 6.30. The van der Waals surface area contributed by atoms with E-state index in [1.807, 2.05) is 25.2 Å². The van der Waals surface area contributed by atoms with Crippen molar-refractivity contribution in [1.82, 2.24) is 14.8 Å². The van der Waals surface area contributed by atoms with E-state index in [1.54, 1.807) is 18.1 Å². The Morgan fingerprint density at radius 1 is 1.29 bits per heavy atom. The van der Waals surface area contributed by atoms with Crippen molar-refractivity contribution in [3.05, 3.63) is 29.0 Å². The normalized spacial score (nSPS) is 9.48. The first-order valence-electron chi connectivity index (χ1n) is 5.51. The minimum atomic E-state index is -1.82. The number of ether oxygens (including phenoxy) is 1. The van der Waals surface area contributed by atoms with Crippen molar-refractivity contribution < 1.29 is 24.5 Å². The van der Waals surface area contributed by atoms with Crippen molar-refractivity contribution in [2.45, 2.75) is 0 Å². The van der Waals surface area contributed by atoms with E-state index in [4.69, 9.17) is 24.5 Å². The molecule has 0 radical (unpaired) electrons.